The lowest BCUT2D eigenvalue weighted by Crippen LogP contribution is -2.26. The van der Waals surface area contributed by atoms with Crippen LogP contribution in [0.3, 0.4) is 0 Å². The molecule has 11 heavy (non-hydrogen) atoms. The van der Waals surface area contributed by atoms with Gasteiger partial charge < -0.3 is 10.7 Å². The van der Waals surface area contributed by atoms with Gasteiger partial charge >= 0.3 is 0 Å². The maximum Gasteiger partial charge on any atom is 0.0582 e. The van der Waals surface area contributed by atoms with Crippen molar-refractivity contribution in [3.63, 3.8) is 0 Å². The number of nitrogen functional groups attached to an aromatic ring is 1. The van der Waals surface area contributed by atoms with E-state index in [1.54, 1.807) is 0 Å². The molecule has 1 aliphatic heterocycles. The number of nitrogens with two attached hydrogens (primary N) is 1. The Morgan fingerprint density at radius 1 is 1.55 bits per heavy atom. The van der Waals surface area contributed by atoms with Crippen LogP contribution in [0.4, 0.5) is 11.4 Å². The Kier molecular flexibility index (Phi) is 1.26. The molecule has 0 saturated heterocycles. The Bertz CT molecular complexity index is 283. The van der Waals surface area contributed by atoms with Crippen LogP contribution in [-0.2, 0) is 6.54 Å². The van der Waals surface area contributed by atoms with Crippen molar-refractivity contribution in [1.29, 1.82) is 0 Å². The smallest absolute Gasteiger partial charge is 0.0582 e. The predicted octanol–water partition coefficient (Wildman–Crippen LogP) is 0.723. The van der Waals surface area contributed by atoms with Gasteiger partial charge in [-0.3, -0.25) is 0 Å². The Morgan fingerprint density at radius 2 is 2.36 bits per heavy atom. The van der Waals surface area contributed by atoms with Gasteiger partial charge in [0.15, 0.2) is 0 Å². The molecule has 0 aliphatic carbocycles. The third-order valence-electron chi connectivity index (χ3n) is 1.98. The number of rotatable bonds is 0. The molecule has 1 heterocycles. The lowest BCUT2D eigenvalue weighted by atomic mass is 10.2. The summed E-state index contributed by atoms with van der Waals surface area (Å²) in [4.78, 5) is 0. The lowest BCUT2D eigenvalue weighted by Gasteiger charge is -2.11. The van der Waals surface area contributed by atoms with Crippen molar-refractivity contribution in [2.45, 2.75) is 6.54 Å². The van der Waals surface area contributed by atoms with Gasteiger partial charge in [0.1, 0.15) is 0 Å². The number of hydrogen-bond donors (Lipinski definition) is 2. The molecule has 0 aromatic heterocycles. The highest BCUT2D eigenvalue weighted by Gasteiger charge is 2.13. The largest absolute Gasteiger partial charge is 0.399 e. The summed E-state index contributed by atoms with van der Waals surface area (Å²) in [5.74, 6) is 0. The van der Waals surface area contributed by atoms with Gasteiger partial charge in [0.25, 0.3) is 0 Å². The van der Waals surface area contributed by atoms with Gasteiger partial charge in [0.05, 0.1) is 5.69 Å². The van der Waals surface area contributed by atoms with Gasteiger partial charge in [0, 0.05) is 19.3 Å². The van der Waals surface area contributed by atoms with Gasteiger partial charge in [-0.05, 0) is 17.7 Å². The predicted molar refractivity (Wildman–Crippen MR) is 46.1 cm³/mol. The number of nitrogens with one attached hydrogen (secondary N) is 1. The van der Waals surface area contributed by atoms with Gasteiger partial charge in [-0.1, -0.05) is 6.07 Å². The zero-order valence-corrected chi connectivity index (χ0v) is 6.46. The van der Waals surface area contributed by atoms with E-state index in [-0.39, 0.29) is 0 Å². The standard InChI is InChI=1S/C8H11N3/c1-11-8-4-7(9)3-2-6(8)5-10-11/h2-4,10H,5,9H2,1H3. The van der Waals surface area contributed by atoms with Gasteiger partial charge in [-0.15, -0.1) is 0 Å². The number of benzene rings is 1. The van der Waals surface area contributed by atoms with Crippen LogP contribution < -0.4 is 16.2 Å². The van der Waals surface area contributed by atoms with Crippen LogP contribution in [0.1, 0.15) is 5.56 Å². The van der Waals surface area contributed by atoms with Crippen LogP contribution in [0, 0.1) is 0 Å². The van der Waals surface area contributed by atoms with Crippen LogP contribution in [0.2, 0.25) is 0 Å². The first kappa shape index (κ1) is 6.49. The topological polar surface area (TPSA) is 41.3 Å². The van der Waals surface area contributed by atoms with Crippen LogP contribution in [0.15, 0.2) is 18.2 Å². The first-order valence-corrected chi connectivity index (χ1v) is 3.63. The molecule has 3 nitrogen and oxygen atoms in total. The van der Waals surface area contributed by atoms with Crippen LogP contribution in [-0.4, -0.2) is 7.05 Å². The van der Waals surface area contributed by atoms with Crippen molar-refractivity contribution in [2.75, 3.05) is 17.8 Å². The van der Waals surface area contributed by atoms with Crippen molar-refractivity contribution in [3.8, 4) is 0 Å². The number of hydrogen-bond acceptors (Lipinski definition) is 3. The molecule has 0 unspecified atom stereocenters. The van der Waals surface area contributed by atoms with E-state index in [0.29, 0.717) is 0 Å². The normalized spacial score (nSPS) is 15.2. The number of nitrogens with zero attached hydrogens (tertiary/aromatic N) is 1. The van der Waals surface area contributed by atoms with Crippen molar-refractivity contribution >= 4 is 11.4 Å². The Labute approximate surface area is 65.8 Å². The third-order valence-corrected chi connectivity index (χ3v) is 1.98. The maximum atomic E-state index is 5.64. The molecule has 0 radical (unpaired) electrons. The fourth-order valence-corrected chi connectivity index (χ4v) is 1.33. The van der Waals surface area contributed by atoms with E-state index in [1.807, 2.05) is 24.2 Å². The fraction of sp³-hybridized carbons (Fsp3) is 0.250. The van der Waals surface area contributed by atoms with E-state index in [1.165, 1.54) is 11.3 Å². The molecular formula is C8H11N3. The monoisotopic (exact) mass is 149 g/mol. The Balaban J connectivity index is 2.52. The summed E-state index contributed by atoms with van der Waals surface area (Å²) in [6, 6.07) is 5.97. The first-order valence-electron chi connectivity index (χ1n) is 3.63. The summed E-state index contributed by atoms with van der Waals surface area (Å²) in [6.07, 6.45) is 0. The van der Waals surface area contributed by atoms with E-state index in [2.05, 4.69) is 11.5 Å². The summed E-state index contributed by atoms with van der Waals surface area (Å²) in [5, 5.41) is 1.99. The highest BCUT2D eigenvalue weighted by atomic mass is 15.5. The molecular weight excluding hydrogens is 138 g/mol. The molecule has 0 atom stereocenters. The highest BCUT2D eigenvalue weighted by molar-refractivity contribution is 5.62. The molecule has 0 fully saturated rings. The van der Waals surface area contributed by atoms with E-state index in [4.69, 9.17) is 5.73 Å². The van der Waals surface area contributed by atoms with Crippen molar-refractivity contribution in [2.24, 2.45) is 0 Å². The second-order valence-corrected chi connectivity index (χ2v) is 2.78. The van der Waals surface area contributed by atoms with Crippen LogP contribution >= 0.6 is 0 Å². The average molecular weight is 149 g/mol. The van der Waals surface area contributed by atoms with Crippen molar-refractivity contribution < 1.29 is 0 Å². The molecule has 3 N–H and O–H groups in total. The molecule has 58 valence electrons. The van der Waals surface area contributed by atoms with Gasteiger partial charge in [0.2, 0.25) is 0 Å². The zero-order valence-electron chi connectivity index (χ0n) is 6.46. The van der Waals surface area contributed by atoms with Crippen LogP contribution in [0.25, 0.3) is 0 Å². The molecule has 2 rings (SSSR count). The third kappa shape index (κ3) is 0.935. The molecule has 0 spiro atoms. The summed E-state index contributed by atoms with van der Waals surface area (Å²) < 4.78 is 0. The molecule has 1 aromatic carbocycles. The molecule has 0 bridgehead atoms. The SMILES string of the molecule is CN1NCc2ccc(N)cc21. The number of hydrazine groups is 1. The Morgan fingerprint density at radius 3 is 3.18 bits per heavy atom. The second-order valence-electron chi connectivity index (χ2n) is 2.78. The molecule has 0 amide bonds. The van der Waals surface area contributed by atoms with Crippen LogP contribution in [0.5, 0.6) is 0 Å². The summed E-state index contributed by atoms with van der Waals surface area (Å²) in [7, 11) is 1.99. The van der Waals surface area contributed by atoms with Gasteiger partial charge in [-0.25, -0.2) is 5.43 Å². The first-order chi connectivity index (χ1) is 5.27. The van der Waals surface area contributed by atoms with Gasteiger partial charge in [-0.2, -0.15) is 0 Å². The van der Waals surface area contributed by atoms with E-state index < -0.39 is 0 Å². The van der Waals surface area contributed by atoms with Crippen molar-refractivity contribution in [3.05, 3.63) is 23.8 Å². The lowest BCUT2D eigenvalue weighted by molar-refractivity contribution is 0.734. The molecule has 1 aliphatic rings. The summed E-state index contributed by atoms with van der Waals surface area (Å²) in [5.41, 5.74) is 12.1. The minimum atomic E-state index is 0.819. The quantitative estimate of drug-likeness (QED) is 0.534. The highest BCUT2D eigenvalue weighted by Crippen LogP contribution is 2.25. The molecule has 3 heteroatoms. The maximum absolute atomic E-state index is 5.64. The molecule has 1 aromatic rings. The average Bonchev–Trinajstić information content (AvgIpc) is 2.33. The van der Waals surface area contributed by atoms with E-state index >= 15 is 0 Å². The fourth-order valence-electron chi connectivity index (χ4n) is 1.33. The molecule has 0 saturated carbocycles. The van der Waals surface area contributed by atoms with Crippen molar-refractivity contribution in [1.82, 2.24) is 5.43 Å². The number of anilines is 2. The van der Waals surface area contributed by atoms with E-state index in [0.717, 1.165) is 12.2 Å². The Hall–Kier alpha value is -1.22. The zero-order chi connectivity index (χ0) is 7.84. The number of fused-ring (bicyclic) bond motifs is 1. The van der Waals surface area contributed by atoms with E-state index in [9.17, 15) is 0 Å². The minimum Gasteiger partial charge on any atom is -0.399 e. The summed E-state index contributed by atoms with van der Waals surface area (Å²) >= 11 is 0. The second kappa shape index (κ2) is 2.13. The summed E-state index contributed by atoms with van der Waals surface area (Å²) in [6.45, 7) is 0.909. The minimum absolute atomic E-state index is 0.819.